The third-order valence-electron chi connectivity index (χ3n) is 3.78. The number of aromatic amines is 1. The molecule has 0 spiro atoms. The highest BCUT2D eigenvalue weighted by atomic mass is 19.4. The van der Waals surface area contributed by atoms with Crippen LogP contribution in [-0.4, -0.2) is 19.6 Å². The Bertz CT molecular complexity index is 952. The molecule has 3 rings (SSSR count). The maximum absolute atomic E-state index is 12.6. The molecule has 0 saturated carbocycles. The van der Waals surface area contributed by atoms with Crippen molar-refractivity contribution in [3.8, 4) is 11.4 Å². The molecule has 0 aliphatic heterocycles. The summed E-state index contributed by atoms with van der Waals surface area (Å²) in [5.74, 6) is 0.464. The maximum atomic E-state index is 12.6. The Hall–Kier alpha value is -2.64. The molecule has 0 bridgehead atoms. The van der Waals surface area contributed by atoms with Crippen LogP contribution in [0.1, 0.15) is 36.6 Å². The molecule has 24 heavy (non-hydrogen) atoms. The van der Waals surface area contributed by atoms with Crippen molar-refractivity contribution in [3.05, 3.63) is 51.4 Å². The Morgan fingerprint density at radius 1 is 1.17 bits per heavy atom. The number of hydrogen-bond acceptors (Lipinski definition) is 3. The van der Waals surface area contributed by atoms with Gasteiger partial charge in [-0.05, 0) is 25.0 Å². The highest BCUT2D eigenvalue weighted by Gasteiger charge is 2.30. The third kappa shape index (κ3) is 2.68. The van der Waals surface area contributed by atoms with Gasteiger partial charge < -0.3 is 4.98 Å². The van der Waals surface area contributed by atoms with Gasteiger partial charge in [-0.2, -0.15) is 22.7 Å². The standard InChI is InChI=1S/C16H15F3N4O/c1-8(2)12-9(3)20-15-21-13(22-23(15)14(12)24)10-4-6-11(7-5-10)16(17,18)19/h4-8H,1-3H3,(H,20,21,22). The Kier molecular flexibility index (Phi) is 3.70. The number of rotatable bonds is 2. The van der Waals surface area contributed by atoms with Crippen LogP contribution in [0.2, 0.25) is 0 Å². The number of nitrogens with zero attached hydrogens (tertiary/aromatic N) is 3. The quantitative estimate of drug-likeness (QED) is 0.779. The molecule has 0 atom stereocenters. The Morgan fingerprint density at radius 3 is 2.33 bits per heavy atom. The van der Waals surface area contributed by atoms with E-state index < -0.39 is 11.7 Å². The van der Waals surface area contributed by atoms with Crippen molar-refractivity contribution >= 4 is 5.78 Å². The van der Waals surface area contributed by atoms with Gasteiger partial charge in [-0.1, -0.05) is 26.0 Å². The molecule has 3 aromatic rings. The van der Waals surface area contributed by atoms with Crippen LogP contribution in [0.5, 0.6) is 0 Å². The minimum Gasteiger partial charge on any atom is -0.327 e. The van der Waals surface area contributed by atoms with Crippen LogP contribution >= 0.6 is 0 Å². The number of alkyl halides is 3. The van der Waals surface area contributed by atoms with Crippen LogP contribution in [0, 0.1) is 6.92 Å². The second-order valence-electron chi connectivity index (χ2n) is 5.87. The molecule has 1 N–H and O–H groups in total. The molecule has 0 aliphatic rings. The largest absolute Gasteiger partial charge is 0.416 e. The number of aromatic nitrogens is 4. The van der Waals surface area contributed by atoms with Crippen molar-refractivity contribution in [1.29, 1.82) is 0 Å². The van der Waals surface area contributed by atoms with E-state index in [4.69, 9.17) is 0 Å². The Labute approximate surface area is 135 Å². The molecule has 5 nitrogen and oxygen atoms in total. The van der Waals surface area contributed by atoms with Gasteiger partial charge in [-0.3, -0.25) is 4.79 Å². The predicted octanol–water partition coefficient (Wildman–Crippen LogP) is 3.54. The number of H-pyrrole nitrogens is 1. The van der Waals surface area contributed by atoms with Crippen LogP contribution < -0.4 is 5.56 Å². The number of hydrogen-bond donors (Lipinski definition) is 1. The van der Waals surface area contributed by atoms with Gasteiger partial charge in [-0.15, -0.1) is 5.10 Å². The monoisotopic (exact) mass is 336 g/mol. The SMILES string of the molecule is Cc1[nH]c2nc(-c3ccc(C(F)(F)F)cc3)nn2c(=O)c1C(C)C. The van der Waals surface area contributed by atoms with E-state index in [9.17, 15) is 18.0 Å². The van der Waals surface area contributed by atoms with E-state index in [1.165, 1.54) is 12.1 Å². The first kappa shape index (κ1) is 16.2. The molecule has 0 fully saturated rings. The second kappa shape index (κ2) is 5.47. The second-order valence-corrected chi connectivity index (χ2v) is 5.87. The van der Waals surface area contributed by atoms with Gasteiger partial charge in [0.15, 0.2) is 5.82 Å². The first-order valence-corrected chi connectivity index (χ1v) is 7.35. The van der Waals surface area contributed by atoms with Gasteiger partial charge in [0.1, 0.15) is 0 Å². The molecule has 2 heterocycles. The average molecular weight is 336 g/mol. The van der Waals surface area contributed by atoms with E-state index in [1.807, 2.05) is 13.8 Å². The summed E-state index contributed by atoms with van der Waals surface area (Å²) in [7, 11) is 0. The molecule has 0 aliphatic carbocycles. The van der Waals surface area contributed by atoms with Crippen molar-refractivity contribution in [3.63, 3.8) is 0 Å². The molecule has 1 aromatic carbocycles. The number of aryl methyl sites for hydroxylation is 1. The van der Waals surface area contributed by atoms with E-state index >= 15 is 0 Å². The normalized spacial score (nSPS) is 12.3. The molecule has 126 valence electrons. The molecule has 0 amide bonds. The summed E-state index contributed by atoms with van der Waals surface area (Å²) in [6.45, 7) is 5.58. The first-order chi connectivity index (χ1) is 11.2. The zero-order valence-electron chi connectivity index (χ0n) is 13.3. The summed E-state index contributed by atoms with van der Waals surface area (Å²) < 4.78 is 39.0. The molecule has 0 unspecified atom stereocenters. The van der Waals surface area contributed by atoms with Crippen molar-refractivity contribution in [2.24, 2.45) is 0 Å². The molecular formula is C16H15F3N4O. The zero-order chi connectivity index (χ0) is 17.6. The lowest BCUT2D eigenvalue weighted by Gasteiger charge is -2.07. The molecule has 0 radical (unpaired) electrons. The number of halogens is 3. The summed E-state index contributed by atoms with van der Waals surface area (Å²) >= 11 is 0. The van der Waals surface area contributed by atoms with Crippen LogP contribution in [-0.2, 0) is 6.18 Å². The first-order valence-electron chi connectivity index (χ1n) is 7.35. The number of fused-ring (bicyclic) bond motifs is 1. The van der Waals surface area contributed by atoms with Gasteiger partial charge in [-0.25, -0.2) is 0 Å². The van der Waals surface area contributed by atoms with E-state index in [2.05, 4.69) is 15.1 Å². The Balaban J connectivity index is 2.12. The van der Waals surface area contributed by atoms with Crippen LogP contribution in [0.3, 0.4) is 0 Å². The van der Waals surface area contributed by atoms with Crippen LogP contribution in [0.15, 0.2) is 29.1 Å². The van der Waals surface area contributed by atoms with Crippen molar-refractivity contribution in [2.45, 2.75) is 32.9 Å². The zero-order valence-corrected chi connectivity index (χ0v) is 13.3. The predicted molar refractivity (Wildman–Crippen MR) is 82.9 cm³/mol. The summed E-state index contributed by atoms with van der Waals surface area (Å²) in [5.41, 5.74) is 0.689. The minimum absolute atomic E-state index is 0.0110. The van der Waals surface area contributed by atoms with Crippen LogP contribution in [0.25, 0.3) is 17.2 Å². The van der Waals surface area contributed by atoms with Crippen LogP contribution in [0.4, 0.5) is 13.2 Å². The van der Waals surface area contributed by atoms with Crippen molar-refractivity contribution < 1.29 is 13.2 Å². The summed E-state index contributed by atoms with van der Waals surface area (Å²) in [6, 6.07) is 4.51. The van der Waals surface area contributed by atoms with Gasteiger partial charge in [0.2, 0.25) is 5.78 Å². The fraction of sp³-hybridized carbons (Fsp3) is 0.312. The Morgan fingerprint density at radius 2 is 1.79 bits per heavy atom. The van der Waals surface area contributed by atoms with Gasteiger partial charge in [0.05, 0.1) is 5.56 Å². The molecule has 2 aromatic heterocycles. The fourth-order valence-electron chi connectivity index (χ4n) is 2.65. The summed E-state index contributed by atoms with van der Waals surface area (Å²) in [4.78, 5) is 19.7. The van der Waals surface area contributed by atoms with Gasteiger partial charge in [0, 0.05) is 16.8 Å². The maximum Gasteiger partial charge on any atom is 0.416 e. The lowest BCUT2D eigenvalue weighted by molar-refractivity contribution is -0.137. The summed E-state index contributed by atoms with van der Waals surface area (Å²) in [5, 5.41) is 4.14. The van der Waals surface area contributed by atoms with E-state index in [0.29, 0.717) is 16.8 Å². The van der Waals surface area contributed by atoms with Gasteiger partial charge >= 0.3 is 6.18 Å². The highest BCUT2D eigenvalue weighted by Crippen LogP contribution is 2.30. The lowest BCUT2D eigenvalue weighted by Crippen LogP contribution is -2.22. The third-order valence-corrected chi connectivity index (χ3v) is 3.78. The average Bonchev–Trinajstić information content (AvgIpc) is 2.90. The highest BCUT2D eigenvalue weighted by molar-refractivity contribution is 5.57. The van der Waals surface area contributed by atoms with E-state index in [-0.39, 0.29) is 23.1 Å². The van der Waals surface area contributed by atoms with E-state index in [0.717, 1.165) is 16.6 Å². The van der Waals surface area contributed by atoms with E-state index in [1.54, 1.807) is 6.92 Å². The fourth-order valence-corrected chi connectivity index (χ4v) is 2.65. The number of nitrogens with one attached hydrogen (secondary N) is 1. The topological polar surface area (TPSA) is 63.1 Å². The smallest absolute Gasteiger partial charge is 0.327 e. The lowest BCUT2D eigenvalue weighted by atomic mass is 10.0. The summed E-state index contributed by atoms with van der Waals surface area (Å²) in [6.07, 6.45) is -4.40. The minimum atomic E-state index is -4.40. The molecular weight excluding hydrogens is 321 g/mol. The molecule has 0 saturated heterocycles. The van der Waals surface area contributed by atoms with Crippen molar-refractivity contribution in [2.75, 3.05) is 0 Å². The van der Waals surface area contributed by atoms with Gasteiger partial charge in [0.25, 0.3) is 5.56 Å². The molecule has 8 heteroatoms. The van der Waals surface area contributed by atoms with Crippen molar-refractivity contribution in [1.82, 2.24) is 19.6 Å². The number of benzene rings is 1.